The molecule has 152 valence electrons. The van der Waals surface area contributed by atoms with Crippen LogP contribution in [0.4, 0.5) is 5.82 Å². The van der Waals surface area contributed by atoms with Crippen LogP contribution in [0.2, 0.25) is 0 Å². The number of hydrogen-bond donors (Lipinski definition) is 0. The molecule has 0 saturated carbocycles. The summed E-state index contributed by atoms with van der Waals surface area (Å²) < 4.78 is 5.39. The highest BCUT2D eigenvalue weighted by atomic mass is 32.2. The summed E-state index contributed by atoms with van der Waals surface area (Å²) >= 11 is 3.21. The summed E-state index contributed by atoms with van der Waals surface area (Å²) in [4.78, 5) is 17.8. The maximum atomic E-state index is 12.6. The van der Waals surface area contributed by atoms with E-state index >= 15 is 0 Å². The van der Waals surface area contributed by atoms with Gasteiger partial charge in [-0.25, -0.2) is 0 Å². The largest absolute Gasteiger partial charge is 0.355 e. The molecule has 1 saturated heterocycles. The van der Waals surface area contributed by atoms with Crippen LogP contribution in [0.1, 0.15) is 18.5 Å². The molecule has 0 radical (unpaired) electrons. The summed E-state index contributed by atoms with van der Waals surface area (Å²) in [5.41, 5.74) is 0.871. The van der Waals surface area contributed by atoms with Gasteiger partial charge in [0, 0.05) is 44.2 Å². The minimum atomic E-state index is 0.192. The Bertz CT molecular complexity index is 908. The lowest BCUT2D eigenvalue weighted by molar-refractivity contribution is -0.129. The first-order valence-electron chi connectivity index (χ1n) is 9.56. The van der Waals surface area contributed by atoms with E-state index in [0.29, 0.717) is 17.5 Å². The number of carbonyl (C=O) groups excluding carboxylic acids is 1. The van der Waals surface area contributed by atoms with Gasteiger partial charge in [-0.1, -0.05) is 11.2 Å². The topological polar surface area (TPSA) is 75.4 Å². The summed E-state index contributed by atoms with van der Waals surface area (Å²) in [5, 5.41) is 14.2. The molecule has 0 bridgehead atoms. The van der Waals surface area contributed by atoms with Crippen molar-refractivity contribution in [2.75, 3.05) is 30.8 Å². The van der Waals surface area contributed by atoms with Crippen molar-refractivity contribution in [3.05, 3.63) is 47.6 Å². The van der Waals surface area contributed by atoms with Crippen LogP contribution in [0.15, 0.2) is 46.4 Å². The minimum Gasteiger partial charge on any atom is -0.355 e. The Morgan fingerprint density at radius 1 is 1.34 bits per heavy atom. The number of aromatic nitrogens is 3. The monoisotopic (exact) mass is 429 g/mol. The molecule has 1 aliphatic heterocycles. The van der Waals surface area contributed by atoms with Crippen LogP contribution in [-0.4, -0.2) is 58.1 Å². The van der Waals surface area contributed by atoms with Gasteiger partial charge in [0.05, 0.1) is 16.3 Å². The third-order valence-electron chi connectivity index (χ3n) is 5.08. The lowest BCUT2D eigenvalue weighted by Gasteiger charge is -2.37. The zero-order valence-electron chi connectivity index (χ0n) is 16.2. The third kappa shape index (κ3) is 4.97. The lowest BCUT2D eigenvalue weighted by Crippen LogP contribution is -2.46. The van der Waals surface area contributed by atoms with Crippen molar-refractivity contribution in [3.63, 3.8) is 0 Å². The fourth-order valence-electron chi connectivity index (χ4n) is 3.42. The second-order valence-electron chi connectivity index (χ2n) is 6.96. The number of piperidine rings is 1. The molecule has 7 nitrogen and oxygen atoms in total. The quantitative estimate of drug-likeness (QED) is 0.568. The first-order valence-corrected chi connectivity index (χ1v) is 11.6. The van der Waals surface area contributed by atoms with Crippen molar-refractivity contribution in [1.29, 1.82) is 0 Å². The summed E-state index contributed by atoms with van der Waals surface area (Å²) in [6.45, 7) is 1.56. The molecular formula is C20H23N5O2S2. The molecule has 0 aliphatic carbocycles. The van der Waals surface area contributed by atoms with E-state index in [1.807, 2.05) is 47.7 Å². The number of nitrogens with zero attached hydrogens (tertiary/aromatic N) is 5. The van der Waals surface area contributed by atoms with E-state index in [9.17, 15) is 4.79 Å². The average molecular weight is 430 g/mol. The van der Waals surface area contributed by atoms with Crippen molar-refractivity contribution in [3.8, 4) is 10.6 Å². The minimum absolute atomic E-state index is 0.192. The first-order chi connectivity index (χ1) is 14.2. The van der Waals surface area contributed by atoms with Crippen LogP contribution >= 0.6 is 23.1 Å². The molecule has 0 unspecified atom stereocenters. The molecule has 4 heterocycles. The van der Waals surface area contributed by atoms with Crippen molar-refractivity contribution in [2.24, 2.45) is 0 Å². The Morgan fingerprint density at radius 2 is 2.21 bits per heavy atom. The summed E-state index contributed by atoms with van der Waals surface area (Å²) in [7, 11) is 2.05. The van der Waals surface area contributed by atoms with Gasteiger partial charge >= 0.3 is 0 Å². The fraction of sp³-hybridized carbons (Fsp3) is 0.400. The number of amides is 1. The predicted molar refractivity (Wildman–Crippen MR) is 116 cm³/mol. The number of thiophene rings is 1. The van der Waals surface area contributed by atoms with E-state index in [1.54, 1.807) is 29.3 Å². The molecule has 3 aromatic heterocycles. The van der Waals surface area contributed by atoms with E-state index in [2.05, 4.69) is 20.3 Å². The second kappa shape index (κ2) is 9.41. The number of anilines is 1. The third-order valence-corrected chi connectivity index (χ3v) is 6.92. The molecule has 0 N–H and O–H groups in total. The van der Waals surface area contributed by atoms with Gasteiger partial charge in [0.15, 0.2) is 11.6 Å². The van der Waals surface area contributed by atoms with Gasteiger partial charge in [-0.2, -0.15) is 5.10 Å². The standard InChI is InChI=1S/C20H23N5O2S2/c1-24(19-5-2-8-21-22-19)16-6-9-25(10-7-16)20(26)14-28-13-15-12-17(27-23-15)18-4-3-11-29-18/h2-5,8,11-12,16H,6-7,9-10,13-14H2,1H3. The number of carbonyl (C=O) groups is 1. The molecule has 4 rings (SSSR count). The molecule has 0 spiro atoms. The molecule has 1 aliphatic rings. The molecule has 1 amide bonds. The summed E-state index contributed by atoms with van der Waals surface area (Å²) in [6.07, 6.45) is 3.56. The zero-order valence-corrected chi connectivity index (χ0v) is 17.9. The fourth-order valence-corrected chi connectivity index (χ4v) is 4.90. The Balaban J connectivity index is 1.20. The Morgan fingerprint density at radius 3 is 2.93 bits per heavy atom. The Labute approximate surface area is 178 Å². The molecule has 9 heteroatoms. The van der Waals surface area contributed by atoms with Gasteiger partial charge in [-0.3, -0.25) is 4.79 Å². The molecule has 0 atom stereocenters. The first kappa shape index (κ1) is 19.9. The Hall–Kier alpha value is -2.39. The molecule has 3 aromatic rings. The molecule has 1 fully saturated rings. The summed E-state index contributed by atoms with van der Waals surface area (Å²) in [5.74, 6) is 2.99. The van der Waals surface area contributed by atoms with E-state index in [1.165, 1.54) is 0 Å². The Kier molecular flexibility index (Phi) is 6.46. The SMILES string of the molecule is CN(c1cccnn1)C1CCN(C(=O)CSCc2cc(-c3cccs3)on2)CC1. The van der Waals surface area contributed by atoms with Crippen LogP contribution in [0.5, 0.6) is 0 Å². The molecule has 0 aromatic carbocycles. The van der Waals surface area contributed by atoms with Gasteiger partial charge in [-0.05, 0) is 36.4 Å². The van der Waals surface area contributed by atoms with Crippen LogP contribution in [0.3, 0.4) is 0 Å². The molecular weight excluding hydrogens is 406 g/mol. The van der Waals surface area contributed by atoms with Crippen molar-refractivity contribution in [2.45, 2.75) is 24.6 Å². The van der Waals surface area contributed by atoms with Crippen LogP contribution in [0.25, 0.3) is 10.6 Å². The van der Waals surface area contributed by atoms with E-state index < -0.39 is 0 Å². The zero-order chi connectivity index (χ0) is 20.1. The van der Waals surface area contributed by atoms with Gasteiger partial charge in [0.2, 0.25) is 5.91 Å². The number of likely N-dealkylation sites (tertiary alicyclic amines) is 1. The highest BCUT2D eigenvalue weighted by Gasteiger charge is 2.26. The highest BCUT2D eigenvalue weighted by molar-refractivity contribution is 7.99. The van der Waals surface area contributed by atoms with Crippen LogP contribution in [0, 0.1) is 0 Å². The van der Waals surface area contributed by atoms with Crippen molar-refractivity contribution < 1.29 is 9.32 Å². The average Bonchev–Trinajstić information content (AvgIpc) is 3.46. The number of hydrogen-bond acceptors (Lipinski definition) is 8. The van der Waals surface area contributed by atoms with Gasteiger partial charge in [-0.15, -0.1) is 28.2 Å². The van der Waals surface area contributed by atoms with Gasteiger partial charge in [0.25, 0.3) is 0 Å². The highest BCUT2D eigenvalue weighted by Crippen LogP contribution is 2.26. The van der Waals surface area contributed by atoms with Crippen LogP contribution in [-0.2, 0) is 10.5 Å². The molecule has 29 heavy (non-hydrogen) atoms. The van der Waals surface area contributed by atoms with E-state index in [4.69, 9.17) is 4.52 Å². The van der Waals surface area contributed by atoms with Gasteiger partial charge in [0.1, 0.15) is 0 Å². The predicted octanol–water partition coefficient (Wildman–Crippen LogP) is 3.55. The number of rotatable bonds is 7. The normalized spacial score (nSPS) is 14.9. The van der Waals surface area contributed by atoms with Gasteiger partial charge < -0.3 is 14.3 Å². The van der Waals surface area contributed by atoms with Crippen LogP contribution < -0.4 is 4.90 Å². The summed E-state index contributed by atoms with van der Waals surface area (Å²) in [6, 6.07) is 10.2. The maximum Gasteiger partial charge on any atom is 0.232 e. The smallest absolute Gasteiger partial charge is 0.232 e. The lowest BCUT2D eigenvalue weighted by atomic mass is 10.0. The number of thioether (sulfide) groups is 1. The van der Waals surface area contributed by atoms with Crippen molar-refractivity contribution >= 4 is 34.8 Å². The maximum absolute atomic E-state index is 12.6. The van der Waals surface area contributed by atoms with Crippen molar-refractivity contribution in [1.82, 2.24) is 20.3 Å². The van der Waals surface area contributed by atoms with E-state index in [-0.39, 0.29) is 5.91 Å². The second-order valence-corrected chi connectivity index (χ2v) is 8.89. The van der Waals surface area contributed by atoms with E-state index in [0.717, 1.165) is 48.1 Å².